The van der Waals surface area contributed by atoms with E-state index in [9.17, 15) is 13.2 Å². The third-order valence-electron chi connectivity index (χ3n) is 5.16. The summed E-state index contributed by atoms with van der Waals surface area (Å²) in [6.45, 7) is 2.28. The summed E-state index contributed by atoms with van der Waals surface area (Å²) in [5, 5.41) is 2.64. The average molecular weight is 449 g/mol. The Balaban J connectivity index is 1.55. The van der Waals surface area contributed by atoms with Crippen LogP contribution < -0.4 is 19.5 Å². The monoisotopic (exact) mass is 448 g/mol. The van der Waals surface area contributed by atoms with Crippen LogP contribution in [0.25, 0.3) is 0 Å². The van der Waals surface area contributed by atoms with Crippen molar-refractivity contribution in [2.24, 2.45) is 0 Å². The van der Waals surface area contributed by atoms with Gasteiger partial charge in [-0.3, -0.25) is 4.79 Å². The van der Waals surface area contributed by atoms with Crippen LogP contribution in [0.2, 0.25) is 0 Å². The number of carbonyl (C=O) groups excluding carboxylic acids is 1. The van der Waals surface area contributed by atoms with Gasteiger partial charge in [0.15, 0.2) is 17.6 Å². The molecule has 1 aliphatic heterocycles. The maximum atomic E-state index is 12.8. The average Bonchev–Trinajstić information content (AvgIpc) is 2.78. The van der Waals surface area contributed by atoms with Gasteiger partial charge in [0, 0.05) is 19.6 Å². The molecule has 1 atom stereocenters. The van der Waals surface area contributed by atoms with Crippen molar-refractivity contribution in [1.82, 2.24) is 9.62 Å². The number of nitrogens with zero attached hydrogens (tertiary/aromatic N) is 1. The lowest BCUT2D eigenvalue weighted by Crippen LogP contribution is -2.42. The van der Waals surface area contributed by atoms with Crippen LogP contribution in [0.3, 0.4) is 0 Å². The Morgan fingerprint density at radius 1 is 1.10 bits per heavy atom. The summed E-state index contributed by atoms with van der Waals surface area (Å²) in [7, 11) is -0.414. The summed E-state index contributed by atoms with van der Waals surface area (Å²) in [6, 6.07) is 12.7. The minimum absolute atomic E-state index is 0.0128. The number of rotatable bonds is 9. The van der Waals surface area contributed by atoms with Crippen LogP contribution in [0.1, 0.15) is 18.1 Å². The fourth-order valence-electron chi connectivity index (χ4n) is 3.43. The number of fused-ring (bicyclic) bond motifs is 1. The van der Waals surface area contributed by atoms with E-state index in [4.69, 9.17) is 14.2 Å². The standard InChI is InChI=1S/C22H28N2O6S/c1-16(30-19-7-5-4-6-8-19)22(25)23-10-12-31(26,27)24-11-9-17-13-20(28-2)21(29-3)14-18(17)15-24/h4-8,13-14,16H,9-12,15H2,1-3H3,(H,23,25). The second kappa shape index (κ2) is 10.0. The highest BCUT2D eigenvalue weighted by molar-refractivity contribution is 7.89. The van der Waals surface area contributed by atoms with E-state index in [2.05, 4.69) is 5.32 Å². The Morgan fingerprint density at radius 2 is 1.74 bits per heavy atom. The van der Waals surface area contributed by atoms with Crippen molar-refractivity contribution < 1.29 is 27.4 Å². The van der Waals surface area contributed by atoms with Crippen molar-refractivity contribution in [3.05, 3.63) is 53.6 Å². The molecule has 0 saturated heterocycles. The van der Waals surface area contributed by atoms with E-state index in [0.717, 1.165) is 11.1 Å². The third kappa shape index (κ3) is 5.68. The Hall–Kier alpha value is -2.78. The van der Waals surface area contributed by atoms with Crippen LogP contribution in [0.4, 0.5) is 0 Å². The maximum Gasteiger partial charge on any atom is 0.260 e. The van der Waals surface area contributed by atoms with Crippen molar-refractivity contribution in [2.45, 2.75) is 26.0 Å². The summed E-state index contributed by atoms with van der Waals surface area (Å²) >= 11 is 0. The first-order valence-electron chi connectivity index (χ1n) is 10.0. The minimum atomic E-state index is -3.54. The molecule has 0 aromatic heterocycles. The Bertz CT molecular complexity index is 1010. The number of para-hydroxylation sites is 1. The normalized spacial score (nSPS) is 14.9. The summed E-state index contributed by atoms with van der Waals surface area (Å²) in [4.78, 5) is 12.2. The van der Waals surface area contributed by atoms with Crippen LogP contribution in [-0.2, 0) is 27.8 Å². The molecule has 0 fully saturated rings. The molecule has 0 aliphatic carbocycles. The molecule has 31 heavy (non-hydrogen) atoms. The number of nitrogens with one attached hydrogen (secondary N) is 1. The highest BCUT2D eigenvalue weighted by Gasteiger charge is 2.28. The van der Waals surface area contributed by atoms with Gasteiger partial charge in [-0.1, -0.05) is 18.2 Å². The lowest BCUT2D eigenvalue weighted by atomic mass is 10.0. The first-order chi connectivity index (χ1) is 14.8. The molecule has 1 aliphatic rings. The first-order valence-corrected chi connectivity index (χ1v) is 11.7. The Morgan fingerprint density at radius 3 is 2.39 bits per heavy atom. The van der Waals surface area contributed by atoms with E-state index in [1.54, 1.807) is 33.3 Å². The van der Waals surface area contributed by atoms with E-state index in [0.29, 0.717) is 30.2 Å². The van der Waals surface area contributed by atoms with Gasteiger partial charge in [0.1, 0.15) is 5.75 Å². The first kappa shape index (κ1) is 22.9. The lowest BCUT2D eigenvalue weighted by Gasteiger charge is -2.29. The van der Waals surface area contributed by atoms with Gasteiger partial charge in [-0.25, -0.2) is 8.42 Å². The SMILES string of the molecule is COc1cc2c(cc1OC)CN(S(=O)(=O)CCNC(=O)C(C)Oc1ccccc1)CC2. The van der Waals surface area contributed by atoms with Crippen molar-refractivity contribution in [3.8, 4) is 17.2 Å². The molecule has 1 N–H and O–H groups in total. The molecular weight excluding hydrogens is 420 g/mol. The summed E-state index contributed by atoms with van der Waals surface area (Å²) in [5.74, 6) is 1.24. The van der Waals surface area contributed by atoms with Crippen molar-refractivity contribution in [1.29, 1.82) is 0 Å². The van der Waals surface area contributed by atoms with Gasteiger partial charge in [-0.2, -0.15) is 4.31 Å². The molecule has 168 valence electrons. The molecule has 0 radical (unpaired) electrons. The predicted octanol–water partition coefficient (Wildman–Crippen LogP) is 1.98. The number of benzene rings is 2. The van der Waals surface area contributed by atoms with E-state index in [-0.39, 0.29) is 24.7 Å². The van der Waals surface area contributed by atoms with E-state index in [1.807, 2.05) is 30.3 Å². The highest BCUT2D eigenvalue weighted by atomic mass is 32.2. The van der Waals surface area contributed by atoms with Crippen LogP contribution in [-0.4, -0.2) is 57.8 Å². The number of hydrogen-bond acceptors (Lipinski definition) is 6. The number of amides is 1. The second-order valence-corrected chi connectivity index (χ2v) is 9.33. The number of hydrogen-bond donors (Lipinski definition) is 1. The highest BCUT2D eigenvalue weighted by Crippen LogP contribution is 2.33. The van der Waals surface area contributed by atoms with Gasteiger partial charge >= 0.3 is 0 Å². The van der Waals surface area contributed by atoms with Gasteiger partial charge in [0.05, 0.1) is 20.0 Å². The summed E-state index contributed by atoms with van der Waals surface area (Å²) < 4.78 is 43.3. The molecular formula is C22H28N2O6S. The number of carbonyl (C=O) groups is 1. The van der Waals surface area contributed by atoms with Gasteiger partial charge in [-0.05, 0) is 48.7 Å². The minimum Gasteiger partial charge on any atom is -0.493 e. The quantitative estimate of drug-likeness (QED) is 0.630. The Labute approximate surface area is 183 Å². The van der Waals surface area contributed by atoms with Crippen molar-refractivity contribution in [2.75, 3.05) is 33.1 Å². The molecule has 1 amide bonds. The molecule has 0 bridgehead atoms. The topological polar surface area (TPSA) is 94.2 Å². The smallest absolute Gasteiger partial charge is 0.260 e. The molecule has 1 unspecified atom stereocenters. The zero-order valence-electron chi connectivity index (χ0n) is 18.0. The second-order valence-electron chi connectivity index (χ2n) is 7.24. The van der Waals surface area contributed by atoms with Gasteiger partial charge in [0.2, 0.25) is 10.0 Å². The predicted molar refractivity (Wildman–Crippen MR) is 117 cm³/mol. The molecule has 0 spiro atoms. The zero-order chi connectivity index (χ0) is 22.4. The fourth-order valence-corrected chi connectivity index (χ4v) is 4.75. The van der Waals surface area contributed by atoms with Gasteiger partial charge in [0.25, 0.3) is 5.91 Å². The molecule has 3 rings (SSSR count). The lowest BCUT2D eigenvalue weighted by molar-refractivity contribution is -0.127. The zero-order valence-corrected chi connectivity index (χ0v) is 18.8. The number of methoxy groups -OCH3 is 2. The maximum absolute atomic E-state index is 12.8. The molecule has 0 saturated carbocycles. The van der Waals surface area contributed by atoms with Gasteiger partial charge < -0.3 is 19.5 Å². The molecule has 1 heterocycles. The summed E-state index contributed by atoms with van der Waals surface area (Å²) in [5.41, 5.74) is 1.94. The number of sulfonamides is 1. The van der Waals surface area contributed by atoms with Crippen LogP contribution >= 0.6 is 0 Å². The molecule has 2 aromatic carbocycles. The Kier molecular flexibility index (Phi) is 7.40. The van der Waals surface area contributed by atoms with Crippen molar-refractivity contribution >= 4 is 15.9 Å². The van der Waals surface area contributed by atoms with E-state index < -0.39 is 16.1 Å². The molecule has 9 heteroatoms. The molecule has 8 nitrogen and oxygen atoms in total. The van der Waals surface area contributed by atoms with E-state index >= 15 is 0 Å². The third-order valence-corrected chi connectivity index (χ3v) is 6.98. The van der Waals surface area contributed by atoms with Crippen LogP contribution in [0.5, 0.6) is 17.2 Å². The molecule has 2 aromatic rings. The van der Waals surface area contributed by atoms with E-state index in [1.165, 1.54) is 4.31 Å². The largest absolute Gasteiger partial charge is 0.493 e. The van der Waals surface area contributed by atoms with Crippen LogP contribution in [0, 0.1) is 0 Å². The summed E-state index contributed by atoms with van der Waals surface area (Å²) in [6.07, 6.45) is -0.141. The van der Waals surface area contributed by atoms with Gasteiger partial charge in [-0.15, -0.1) is 0 Å². The van der Waals surface area contributed by atoms with Crippen LogP contribution in [0.15, 0.2) is 42.5 Å². The van der Waals surface area contributed by atoms with Crippen molar-refractivity contribution in [3.63, 3.8) is 0 Å². The number of ether oxygens (including phenoxy) is 3. The fraction of sp³-hybridized carbons (Fsp3) is 0.409.